The van der Waals surface area contributed by atoms with Gasteiger partial charge in [0, 0.05) is 23.7 Å². The number of rotatable bonds is 5. The Morgan fingerprint density at radius 3 is 2.30 bits per heavy atom. The fourth-order valence-electron chi connectivity index (χ4n) is 4.28. The molecule has 0 bridgehead atoms. The minimum absolute atomic E-state index is 0.0658. The van der Waals surface area contributed by atoms with Gasteiger partial charge in [-0.2, -0.15) is 0 Å². The molecule has 0 heterocycles. The number of amides is 1. The van der Waals surface area contributed by atoms with E-state index in [2.05, 4.69) is 25.5 Å². The summed E-state index contributed by atoms with van der Waals surface area (Å²) in [5.74, 6) is -1.01. The summed E-state index contributed by atoms with van der Waals surface area (Å²) in [6, 6.07) is 13.8. The first-order valence-electron chi connectivity index (χ1n) is 11.2. The molecule has 1 aliphatic carbocycles. The van der Waals surface area contributed by atoms with Gasteiger partial charge in [0.2, 0.25) is 5.91 Å². The van der Waals surface area contributed by atoms with E-state index in [9.17, 15) is 18.3 Å². The number of halogens is 1. The number of anilines is 1. The molecule has 0 aromatic heterocycles. The van der Waals surface area contributed by atoms with E-state index in [-0.39, 0.29) is 16.4 Å². The lowest BCUT2D eigenvalue weighted by molar-refractivity contribution is -0.123. The first kappa shape index (κ1) is 25.5. The van der Waals surface area contributed by atoms with Gasteiger partial charge < -0.3 is 10.0 Å². The second kappa shape index (κ2) is 10.0. The van der Waals surface area contributed by atoms with Crippen molar-refractivity contribution in [1.29, 1.82) is 0 Å². The highest BCUT2D eigenvalue weighted by Gasteiger charge is 2.33. The van der Waals surface area contributed by atoms with Crippen molar-refractivity contribution >= 4 is 33.2 Å². The molecule has 1 saturated carbocycles. The van der Waals surface area contributed by atoms with Crippen LogP contribution < -0.4 is 9.62 Å². The van der Waals surface area contributed by atoms with Crippen molar-refractivity contribution in [1.82, 2.24) is 4.72 Å². The first-order valence-corrected chi connectivity index (χ1v) is 13.1. The third kappa shape index (κ3) is 6.28. The van der Waals surface area contributed by atoms with Crippen LogP contribution >= 0.6 is 11.6 Å². The van der Waals surface area contributed by atoms with E-state index in [0.29, 0.717) is 30.7 Å². The Kier molecular flexibility index (Phi) is 7.76. The van der Waals surface area contributed by atoms with E-state index in [4.69, 9.17) is 11.6 Å². The standard InChI is InChI=1S/C25H33ClN2O4S/c1-25(2,3)18-10-12-21(13-11-18)33(31,32)27-24(30)17-8-14-22(23(29)15-9-17)28(4)20-7-5-6-19(26)16-20/h5-7,10-13,16-17,22-23,29H,8-9,14-15H2,1-4H3,(H,27,30)/t17-,22+,23+/m1/s1. The molecule has 0 spiro atoms. The lowest BCUT2D eigenvalue weighted by Gasteiger charge is -2.32. The molecule has 1 fully saturated rings. The van der Waals surface area contributed by atoms with Crippen LogP contribution in [0.4, 0.5) is 5.69 Å². The summed E-state index contributed by atoms with van der Waals surface area (Å²) in [7, 11) is -2.07. The largest absolute Gasteiger partial charge is 0.391 e. The van der Waals surface area contributed by atoms with Crippen molar-refractivity contribution in [2.24, 2.45) is 5.92 Å². The molecule has 0 unspecified atom stereocenters. The van der Waals surface area contributed by atoms with Gasteiger partial charge in [0.25, 0.3) is 10.0 Å². The summed E-state index contributed by atoms with van der Waals surface area (Å²) in [6.45, 7) is 6.15. The molecule has 0 radical (unpaired) electrons. The summed E-state index contributed by atoms with van der Waals surface area (Å²) >= 11 is 6.11. The number of benzene rings is 2. The number of aliphatic hydroxyl groups excluding tert-OH is 1. The Balaban J connectivity index is 1.67. The minimum Gasteiger partial charge on any atom is -0.391 e. The Hall–Kier alpha value is -2.09. The van der Waals surface area contributed by atoms with Crippen LogP contribution in [0.25, 0.3) is 0 Å². The van der Waals surface area contributed by atoms with Crippen molar-refractivity contribution in [3.05, 3.63) is 59.1 Å². The average molecular weight is 493 g/mol. The van der Waals surface area contributed by atoms with Crippen LogP contribution in [0.1, 0.15) is 52.0 Å². The van der Waals surface area contributed by atoms with E-state index in [0.717, 1.165) is 11.3 Å². The fourth-order valence-corrected chi connectivity index (χ4v) is 5.51. The number of hydrogen-bond donors (Lipinski definition) is 2. The number of nitrogens with one attached hydrogen (secondary N) is 1. The van der Waals surface area contributed by atoms with E-state index < -0.39 is 28.0 Å². The van der Waals surface area contributed by atoms with Crippen LogP contribution in [0.15, 0.2) is 53.4 Å². The maximum Gasteiger partial charge on any atom is 0.264 e. The summed E-state index contributed by atoms with van der Waals surface area (Å²) in [6.07, 6.45) is 1.24. The fraction of sp³-hybridized carbons (Fsp3) is 0.480. The Labute approximate surface area is 202 Å². The Bertz CT molecular complexity index is 1080. The molecule has 180 valence electrons. The monoisotopic (exact) mass is 492 g/mol. The predicted octanol–water partition coefficient (Wildman–Crippen LogP) is 4.50. The van der Waals surface area contributed by atoms with Gasteiger partial charge in [-0.15, -0.1) is 0 Å². The minimum atomic E-state index is -3.96. The van der Waals surface area contributed by atoms with Gasteiger partial charge >= 0.3 is 0 Å². The van der Waals surface area contributed by atoms with Crippen LogP contribution in [-0.2, 0) is 20.2 Å². The molecule has 33 heavy (non-hydrogen) atoms. The third-order valence-electron chi connectivity index (χ3n) is 6.42. The number of nitrogens with zero attached hydrogens (tertiary/aromatic N) is 1. The smallest absolute Gasteiger partial charge is 0.264 e. The number of hydrogen-bond acceptors (Lipinski definition) is 5. The predicted molar refractivity (Wildman–Crippen MR) is 132 cm³/mol. The molecule has 2 aromatic carbocycles. The maximum absolute atomic E-state index is 12.9. The van der Waals surface area contributed by atoms with Gasteiger partial charge in [-0.1, -0.05) is 50.6 Å². The summed E-state index contributed by atoms with van der Waals surface area (Å²) in [5.41, 5.74) is 1.80. The van der Waals surface area contributed by atoms with Crippen LogP contribution in [0.3, 0.4) is 0 Å². The quantitative estimate of drug-likeness (QED) is 0.600. The third-order valence-corrected chi connectivity index (χ3v) is 8.01. The van der Waals surface area contributed by atoms with Gasteiger partial charge in [-0.3, -0.25) is 4.79 Å². The van der Waals surface area contributed by atoms with Crippen molar-refractivity contribution in [3.8, 4) is 0 Å². The zero-order valence-electron chi connectivity index (χ0n) is 19.6. The molecule has 6 nitrogen and oxygen atoms in total. The van der Waals surface area contributed by atoms with E-state index in [1.165, 1.54) is 12.1 Å². The highest BCUT2D eigenvalue weighted by atomic mass is 35.5. The first-order chi connectivity index (χ1) is 15.4. The Morgan fingerprint density at radius 2 is 1.70 bits per heavy atom. The van der Waals surface area contributed by atoms with Gasteiger partial charge in [0.05, 0.1) is 17.0 Å². The van der Waals surface area contributed by atoms with Crippen LogP contribution in [0, 0.1) is 5.92 Å². The highest BCUT2D eigenvalue weighted by Crippen LogP contribution is 2.30. The molecule has 2 aromatic rings. The molecular formula is C25H33ClN2O4S. The average Bonchev–Trinajstić information content (AvgIpc) is 2.94. The molecule has 1 amide bonds. The molecule has 2 N–H and O–H groups in total. The number of aliphatic hydroxyl groups is 1. The van der Waals surface area contributed by atoms with Crippen LogP contribution in [0.5, 0.6) is 0 Å². The molecule has 0 aliphatic heterocycles. The van der Waals surface area contributed by atoms with E-state index in [1.54, 1.807) is 18.2 Å². The van der Waals surface area contributed by atoms with Gasteiger partial charge in [-0.05, 0) is 67.0 Å². The van der Waals surface area contributed by atoms with E-state index >= 15 is 0 Å². The molecule has 1 aliphatic rings. The molecular weight excluding hydrogens is 460 g/mol. The maximum atomic E-state index is 12.9. The number of carbonyl (C=O) groups is 1. The normalized spacial score (nSPS) is 21.8. The summed E-state index contributed by atoms with van der Waals surface area (Å²) in [4.78, 5) is 14.9. The highest BCUT2D eigenvalue weighted by molar-refractivity contribution is 7.90. The molecule has 3 rings (SSSR count). The topological polar surface area (TPSA) is 86.7 Å². The lowest BCUT2D eigenvalue weighted by Crippen LogP contribution is -2.40. The SMILES string of the molecule is CN(c1cccc(Cl)c1)[C@H]1CC[C@@H](C(=O)NS(=O)(=O)c2ccc(C(C)(C)C)cc2)CC[C@@H]1O. The molecule has 3 atom stereocenters. The summed E-state index contributed by atoms with van der Waals surface area (Å²) < 4.78 is 27.8. The van der Waals surface area contributed by atoms with Crippen molar-refractivity contribution < 1.29 is 18.3 Å². The number of likely N-dealkylation sites (N-methyl/N-ethyl adjacent to an activating group) is 1. The van der Waals surface area contributed by atoms with Crippen LogP contribution in [0.2, 0.25) is 5.02 Å². The zero-order valence-corrected chi connectivity index (χ0v) is 21.2. The van der Waals surface area contributed by atoms with Gasteiger partial charge in [-0.25, -0.2) is 13.1 Å². The number of carbonyl (C=O) groups excluding carboxylic acids is 1. The molecule has 0 saturated heterocycles. The second-order valence-electron chi connectivity index (χ2n) is 9.82. The van der Waals surface area contributed by atoms with Crippen molar-refractivity contribution in [2.75, 3.05) is 11.9 Å². The van der Waals surface area contributed by atoms with Gasteiger partial charge in [0.15, 0.2) is 0 Å². The lowest BCUT2D eigenvalue weighted by atomic mass is 9.87. The van der Waals surface area contributed by atoms with E-state index in [1.807, 2.05) is 30.1 Å². The van der Waals surface area contributed by atoms with Crippen molar-refractivity contribution in [2.45, 2.75) is 68.9 Å². The van der Waals surface area contributed by atoms with Gasteiger partial charge in [0.1, 0.15) is 0 Å². The Morgan fingerprint density at radius 1 is 1.06 bits per heavy atom. The van der Waals surface area contributed by atoms with Crippen LogP contribution in [-0.4, -0.2) is 38.6 Å². The second-order valence-corrected chi connectivity index (χ2v) is 11.9. The zero-order chi connectivity index (χ0) is 24.4. The summed E-state index contributed by atoms with van der Waals surface area (Å²) in [5, 5.41) is 11.3. The molecule has 8 heteroatoms. The number of sulfonamides is 1. The van der Waals surface area contributed by atoms with Crippen molar-refractivity contribution in [3.63, 3.8) is 0 Å².